The Morgan fingerprint density at radius 1 is 1.11 bits per heavy atom. The quantitative estimate of drug-likeness (QED) is 0.772. The lowest BCUT2D eigenvalue weighted by atomic mass is 9.96. The molecule has 0 unspecified atom stereocenters. The molecule has 0 atom stereocenters. The number of rotatable bonds is 2. The fraction of sp³-hybridized carbons (Fsp3) is 0.571. The molecule has 2 nitrogen and oxygen atoms in total. The molecule has 1 aromatic rings. The molecule has 3 N–H and O–H groups in total. The second kappa shape index (κ2) is 6.28. The van der Waals surface area contributed by atoms with Crippen LogP contribution in [0.2, 0.25) is 5.02 Å². The van der Waals surface area contributed by atoms with E-state index in [2.05, 4.69) is 5.32 Å². The van der Waals surface area contributed by atoms with Gasteiger partial charge in [0, 0.05) is 12.1 Å². The second-order valence-electron chi connectivity index (χ2n) is 5.04. The van der Waals surface area contributed by atoms with Gasteiger partial charge in [0.1, 0.15) is 5.82 Å². The third kappa shape index (κ3) is 3.52. The minimum atomic E-state index is -0.461. The first-order valence-corrected chi connectivity index (χ1v) is 7.05. The van der Waals surface area contributed by atoms with Crippen molar-refractivity contribution in [1.82, 2.24) is 0 Å². The lowest BCUT2D eigenvalue weighted by molar-refractivity contribution is 0.471. The molecule has 0 saturated heterocycles. The molecule has 0 heterocycles. The second-order valence-corrected chi connectivity index (χ2v) is 5.45. The van der Waals surface area contributed by atoms with Crippen molar-refractivity contribution in [2.45, 2.75) is 51.0 Å². The molecule has 1 fully saturated rings. The zero-order chi connectivity index (χ0) is 13.0. The molecule has 0 amide bonds. The summed E-state index contributed by atoms with van der Waals surface area (Å²) in [6.45, 7) is 0. The van der Waals surface area contributed by atoms with Gasteiger partial charge in [-0.1, -0.05) is 43.7 Å². The summed E-state index contributed by atoms with van der Waals surface area (Å²) in [7, 11) is 0. The van der Waals surface area contributed by atoms with E-state index >= 15 is 0 Å². The summed E-state index contributed by atoms with van der Waals surface area (Å²) >= 11 is 5.79. The molecule has 100 valence electrons. The monoisotopic (exact) mass is 270 g/mol. The van der Waals surface area contributed by atoms with E-state index in [1.807, 2.05) is 0 Å². The van der Waals surface area contributed by atoms with E-state index in [1.165, 1.54) is 38.2 Å². The molecular formula is C14H20ClFN2. The Labute approximate surface area is 113 Å². The number of hydrogen-bond donors (Lipinski definition) is 2. The maximum Gasteiger partial charge on any atom is 0.143 e. The Morgan fingerprint density at radius 2 is 1.72 bits per heavy atom. The fourth-order valence-corrected chi connectivity index (χ4v) is 2.67. The van der Waals surface area contributed by atoms with Crippen molar-refractivity contribution in [1.29, 1.82) is 0 Å². The number of nitrogen functional groups attached to an aromatic ring is 1. The summed E-state index contributed by atoms with van der Waals surface area (Å²) in [6.07, 6.45) is 8.73. The van der Waals surface area contributed by atoms with Gasteiger partial charge in [0.25, 0.3) is 0 Å². The Bertz CT molecular complexity index is 401. The van der Waals surface area contributed by atoms with Crippen LogP contribution in [0.15, 0.2) is 12.1 Å². The van der Waals surface area contributed by atoms with Gasteiger partial charge in [0.05, 0.1) is 16.4 Å². The minimum absolute atomic E-state index is 0.123. The van der Waals surface area contributed by atoms with Gasteiger partial charge in [-0.25, -0.2) is 4.39 Å². The van der Waals surface area contributed by atoms with E-state index in [-0.39, 0.29) is 5.02 Å². The van der Waals surface area contributed by atoms with Crippen molar-refractivity contribution < 1.29 is 4.39 Å². The smallest absolute Gasteiger partial charge is 0.143 e. The molecule has 2 rings (SSSR count). The van der Waals surface area contributed by atoms with Crippen LogP contribution in [0, 0.1) is 5.82 Å². The number of hydrogen-bond acceptors (Lipinski definition) is 2. The average molecular weight is 271 g/mol. The molecule has 1 aliphatic rings. The van der Waals surface area contributed by atoms with E-state index in [0.29, 0.717) is 11.7 Å². The van der Waals surface area contributed by atoms with Crippen LogP contribution in [0.4, 0.5) is 15.8 Å². The van der Waals surface area contributed by atoms with E-state index < -0.39 is 5.82 Å². The summed E-state index contributed by atoms with van der Waals surface area (Å²) in [6, 6.07) is 3.30. The lowest BCUT2D eigenvalue weighted by Gasteiger charge is -2.23. The predicted molar refractivity (Wildman–Crippen MR) is 75.6 cm³/mol. The van der Waals surface area contributed by atoms with Crippen molar-refractivity contribution in [3.63, 3.8) is 0 Å². The van der Waals surface area contributed by atoms with Gasteiger partial charge in [-0.2, -0.15) is 0 Å². The van der Waals surface area contributed by atoms with Gasteiger partial charge in [0.15, 0.2) is 0 Å². The van der Waals surface area contributed by atoms with Gasteiger partial charge >= 0.3 is 0 Å². The molecule has 18 heavy (non-hydrogen) atoms. The van der Waals surface area contributed by atoms with Gasteiger partial charge in [0.2, 0.25) is 0 Å². The first-order chi connectivity index (χ1) is 8.66. The van der Waals surface area contributed by atoms with E-state index in [4.69, 9.17) is 17.3 Å². The highest BCUT2D eigenvalue weighted by Crippen LogP contribution is 2.28. The van der Waals surface area contributed by atoms with Gasteiger partial charge in [-0.15, -0.1) is 0 Å². The third-order valence-electron chi connectivity index (χ3n) is 3.56. The highest BCUT2D eigenvalue weighted by Gasteiger charge is 2.13. The largest absolute Gasteiger partial charge is 0.397 e. The summed E-state index contributed by atoms with van der Waals surface area (Å²) in [5.41, 5.74) is 7.00. The third-order valence-corrected chi connectivity index (χ3v) is 3.85. The van der Waals surface area contributed by atoms with Crippen molar-refractivity contribution in [3.8, 4) is 0 Å². The highest BCUT2D eigenvalue weighted by molar-refractivity contribution is 6.31. The summed E-state index contributed by atoms with van der Waals surface area (Å²) in [5.74, 6) is -0.461. The van der Waals surface area contributed by atoms with Crippen LogP contribution in [0.25, 0.3) is 0 Å². The van der Waals surface area contributed by atoms with E-state index in [1.54, 1.807) is 6.07 Å². The molecule has 1 saturated carbocycles. The van der Waals surface area contributed by atoms with E-state index in [9.17, 15) is 4.39 Å². The van der Waals surface area contributed by atoms with Crippen LogP contribution in [0.5, 0.6) is 0 Å². The van der Waals surface area contributed by atoms with Crippen LogP contribution < -0.4 is 11.1 Å². The molecule has 1 aromatic carbocycles. The molecule has 0 spiro atoms. The molecule has 4 heteroatoms. The van der Waals surface area contributed by atoms with Crippen LogP contribution in [-0.4, -0.2) is 6.04 Å². The normalized spacial score (nSPS) is 18.1. The Kier molecular flexibility index (Phi) is 4.70. The molecular weight excluding hydrogens is 251 g/mol. The molecule has 1 aliphatic carbocycles. The average Bonchev–Trinajstić information content (AvgIpc) is 2.29. The van der Waals surface area contributed by atoms with Crippen molar-refractivity contribution >= 4 is 23.0 Å². The maximum absolute atomic E-state index is 13.2. The lowest BCUT2D eigenvalue weighted by Crippen LogP contribution is -2.21. The molecule has 0 bridgehead atoms. The summed E-state index contributed by atoms with van der Waals surface area (Å²) in [5, 5.41) is 3.53. The van der Waals surface area contributed by atoms with Crippen molar-refractivity contribution in [2.75, 3.05) is 11.1 Å². The first kappa shape index (κ1) is 13.5. The fourth-order valence-electron chi connectivity index (χ4n) is 2.51. The van der Waals surface area contributed by atoms with Crippen molar-refractivity contribution in [2.24, 2.45) is 0 Å². The molecule has 0 aliphatic heterocycles. The maximum atomic E-state index is 13.2. The molecule has 0 aromatic heterocycles. The standard InChI is InChI=1S/C14H20ClFN2/c15-11-8-14(13(17)9-12(11)16)18-10-6-4-2-1-3-5-7-10/h8-10,18H,1-7,17H2. The van der Waals surface area contributed by atoms with Gasteiger partial charge in [-0.3, -0.25) is 0 Å². The Morgan fingerprint density at radius 3 is 2.39 bits per heavy atom. The number of nitrogens with two attached hydrogens (primary N) is 1. The zero-order valence-corrected chi connectivity index (χ0v) is 11.3. The Hall–Kier alpha value is -0.960. The van der Waals surface area contributed by atoms with Crippen molar-refractivity contribution in [3.05, 3.63) is 23.0 Å². The van der Waals surface area contributed by atoms with Crippen LogP contribution in [-0.2, 0) is 0 Å². The zero-order valence-electron chi connectivity index (χ0n) is 10.5. The molecule has 0 radical (unpaired) electrons. The van der Waals surface area contributed by atoms with Crippen LogP contribution in [0.1, 0.15) is 44.9 Å². The van der Waals surface area contributed by atoms with Gasteiger partial charge in [-0.05, 0) is 18.9 Å². The number of halogens is 2. The summed E-state index contributed by atoms with van der Waals surface area (Å²) < 4.78 is 13.2. The predicted octanol–water partition coefficient (Wildman–Crippen LogP) is 4.59. The number of anilines is 2. The number of nitrogens with one attached hydrogen (secondary N) is 1. The Balaban J connectivity index is 2.05. The number of benzene rings is 1. The summed E-state index contributed by atoms with van der Waals surface area (Å²) in [4.78, 5) is 0. The van der Waals surface area contributed by atoms with Crippen LogP contribution >= 0.6 is 11.6 Å². The highest BCUT2D eigenvalue weighted by atomic mass is 35.5. The minimum Gasteiger partial charge on any atom is -0.397 e. The SMILES string of the molecule is Nc1cc(F)c(Cl)cc1NC1CCCCCCC1. The van der Waals surface area contributed by atoms with Gasteiger partial charge < -0.3 is 11.1 Å². The van der Waals surface area contributed by atoms with Crippen LogP contribution in [0.3, 0.4) is 0 Å². The van der Waals surface area contributed by atoms with E-state index in [0.717, 1.165) is 18.5 Å². The topological polar surface area (TPSA) is 38.0 Å². The first-order valence-electron chi connectivity index (χ1n) is 6.68.